The van der Waals surface area contributed by atoms with E-state index in [0.717, 1.165) is 48.5 Å². The maximum Gasteiger partial charge on any atom is 0.224 e. The van der Waals surface area contributed by atoms with Crippen LogP contribution in [0.2, 0.25) is 0 Å². The molecule has 130 valence electrons. The van der Waals surface area contributed by atoms with Crippen molar-refractivity contribution in [3.05, 3.63) is 42.2 Å². The Morgan fingerprint density at radius 3 is 3.04 bits per heavy atom. The molecule has 7 heteroatoms. The number of para-hydroxylation sites is 2. The summed E-state index contributed by atoms with van der Waals surface area (Å²) in [5, 5.41) is 6.86. The second-order valence-electron chi connectivity index (χ2n) is 6.52. The van der Waals surface area contributed by atoms with Crippen LogP contribution in [0, 0.1) is 6.92 Å². The first kappa shape index (κ1) is 15.8. The highest BCUT2D eigenvalue weighted by Crippen LogP contribution is 2.29. The first-order valence-corrected chi connectivity index (χ1v) is 8.80. The van der Waals surface area contributed by atoms with Crippen LogP contribution >= 0.6 is 0 Å². The molecule has 1 unspecified atom stereocenters. The number of carbonyl (C=O) groups excluding carboxylic acids is 1. The number of aromatic amines is 1. The minimum atomic E-state index is 0.0179. The van der Waals surface area contributed by atoms with E-state index in [1.807, 2.05) is 30.0 Å². The Balaban J connectivity index is 1.50. The number of fused-ring (bicyclic) bond motifs is 1. The van der Waals surface area contributed by atoms with E-state index in [1.165, 1.54) is 6.33 Å². The van der Waals surface area contributed by atoms with Gasteiger partial charge in [0.05, 0.1) is 17.1 Å². The molecule has 25 heavy (non-hydrogen) atoms. The molecule has 0 bridgehead atoms. The number of amides is 1. The second-order valence-corrected chi connectivity index (χ2v) is 6.52. The van der Waals surface area contributed by atoms with E-state index >= 15 is 0 Å². The third kappa shape index (κ3) is 3.01. The van der Waals surface area contributed by atoms with Crippen molar-refractivity contribution in [2.75, 3.05) is 6.54 Å². The van der Waals surface area contributed by atoms with Gasteiger partial charge in [-0.3, -0.25) is 9.89 Å². The highest BCUT2D eigenvalue weighted by molar-refractivity contribution is 5.78. The van der Waals surface area contributed by atoms with Gasteiger partial charge in [-0.2, -0.15) is 5.10 Å². The Bertz CT molecular complexity index is 869. The van der Waals surface area contributed by atoms with Gasteiger partial charge in [0.2, 0.25) is 5.91 Å². The molecule has 1 atom stereocenters. The molecular formula is C18H22N6O. The lowest BCUT2D eigenvalue weighted by molar-refractivity contribution is -0.135. The molecule has 1 amide bonds. The van der Waals surface area contributed by atoms with Gasteiger partial charge in [0.1, 0.15) is 18.0 Å². The van der Waals surface area contributed by atoms with Crippen molar-refractivity contribution < 1.29 is 4.79 Å². The Kier molecular flexibility index (Phi) is 4.21. The van der Waals surface area contributed by atoms with Crippen molar-refractivity contribution in [3.8, 4) is 0 Å². The summed E-state index contributed by atoms with van der Waals surface area (Å²) in [6.07, 6.45) is 5.07. The molecule has 0 saturated carbocycles. The molecule has 1 aliphatic heterocycles. The van der Waals surface area contributed by atoms with Crippen molar-refractivity contribution >= 4 is 16.9 Å². The lowest BCUT2D eigenvalue weighted by Gasteiger charge is -2.34. The maximum absolute atomic E-state index is 12.9. The average Bonchev–Trinajstić information content (AvgIpc) is 3.27. The Hall–Kier alpha value is -2.70. The van der Waals surface area contributed by atoms with E-state index in [-0.39, 0.29) is 11.9 Å². The quantitative estimate of drug-likeness (QED) is 0.793. The predicted molar refractivity (Wildman–Crippen MR) is 93.8 cm³/mol. The number of carbonyl (C=O) groups is 1. The second kappa shape index (κ2) is 6.66. The lowest BCUT2D eigenvalue weighted by Crippen LogP contribution is -2.39. The minimum Gasteiger partial charge on any atom is -0.332 e. The molecular weight excluding hydrogens is 316 g/mol. The van der Waals surface area contributed by atoms with Crippen molar-refractivity contribution in [2.24, 2.45) is 0 Å². The van der Waals surface area contributed by atoms with Crippen LogP contribution in [0.15, 0.2) is 30.6 Å². The maximum atomic E-state index is 12.9. The summed E-state index contributed by atoms with van der Waals surface area (Å²) in [5.74, 6) is 1.90. The fraction of sp³-hybridized carbons (Fsp3) is 0.444. The van der Waals surface area contributed by atoms with Gasteiger partial charge in [0.25, 0.3) is 0 Å². The van der Waals surface area contributed by atoms with E-state index in [2.05, 4.69) is 30.8 Å². The van der Waals surface area contributed by atoms with E-state index in [1.54, 1.807) is 0 Å². The van der Waals surface area contributed by atoms with Crippen LogP contribution < -0.4 is 0 Å². The molecule has 7 nitrogen and oxygen atoms in total. The van der Waals surface area contributed by atoms with Crippen LogP contribution in [-0.4, -0.2) is 42.1 Å². The molecule has 1 aromatic carbocycles. The third-order valence-corrected chi connectivity index (χ3v) is 4.97. The number of aromatic nitrogens is 5. The molecule has 0 spiro atoms. The summed E-state index contributed by atoms with van der Waals surface area (Å²) in [4.78, 5) is 23.7. The monoisotopic (exact) mass is 338 g/mol. The Labute approximate surface area is 146 Å². The van der Waals surface area contributed by atoms with Crippen molar-refractivity contribution in [1.82, 2.24) is 29.6 Å². The lowest BCUT2D eigenvalue weighted by atomic mass is 10.0. The average molecular weight is 338 g/mol. The molecule has 1 saturated heterocycles. The molecule has 4 rings (SSSR count). The molecule has 0 aliphatic carbocycles. The Morgan fingerprint density at radius 1 is 1.32 bits per heavy atom. The standard InChI is InChI=1S/C18H22N6O/c1-13-21-14-6-2-3-7-15(14)23(13)11-9-17(25)24-10-5-4-8-16(24)18-19-12-20-22-18/h2-3,6-7,12,16H,4-5,8-11H2,1H3,(H,19,20,22). The normalized spacial score (nSPS) is 18.0. The van der Waals surface area contributed by atoms with E-state index < -0.39 is 0 Å². The van der Waals surface area contributed by atoms with Crippen LogP contribution in [0.4, 0.5) is 0 Å². The van der Waals surface area contributed by atoms with Crippen molar-refractivity contribution in [1.29, 1.82) is 0 Å². The zero-order valence-corrected chi connectivity index (χ0v) is 14.4. The number of likely N-dealkylation sites (tertiary alicyclic amines) is 1. The zero-order chi connectivity index (χ0) is 17.2. The van der Waals surface area contributed by atoms with Crippen molar-refractivity contribution in [3.63, 3.8) is 0 Å². The predicted octanol–water partition coefficient (Wildman–Crippen LogP) is 2.61. The number of hydrogen-bond acceptors (Lipinski definition) is 4. The summed E-state index contributed by atoms with van der Waals surface area (Å²) in [5.41, 5.74) is 2.06. The van der Waals surface area contributed by atoms with Gasteiger partial charge in [-0.05, 0) is 38.3 Å². The molecule has 0 radical (unpaired) electrons. The fourth-order valence-corrected chi connectivity index (χ4v) is 3.72. The molecule has 3 aromatic rings. The number of rotatable bonds is 4. The summed E-state index contributed by atoms with van der Waals surface area (Å²) in [6, 6.07) is 8.07. The number of imidazole rings is 1. The van der Waals surface area contributed by atoms with Crippen LogP contribution in [0.25, 0.3) is 11.0 Å². The summed E-state index contributed by atoms with van der Waals surface area (Å²) in [6.45, 7) is 3.42. The summed E-state index contributed by atoms with van der Waals surface area (Å²) < 4.78 is 2.13. The highest BCUT2D eigenvalue weighted by Gasteiger charge is 2.29. The zero-order valence-electron chi connectivity index (χ0n) is 14.4. The fourth-order valence-electron chi connectivity index (χ4n) is 3.72. The number of hydrogen-bond donors (Lipinski definition) is 1. The van der Waals surface area contributed by atoms with Gasteiger partial charge >= 0.3 is 0 Å². The number of aryl methyl sites for hydroxylation is 2. The van der Waals surface area contributed by atoms with E-state index in [4.69, 9.17) is 0 Å². The molecule has 2 aromatic heterocycles. The van der Waals surface area contributed by atoms with Gasteiger partial charge in [0, 0.05) is 19.5 Å². The topological polar surface area (TPSA) is 79.7 Å². The number of H-pyrrole nitrogens is 1. The van der Waals surface area contributed by atoms with Crippen LogP contribution in [0.3, 0.4) is 0 Å². The Morgan fingerprint density at radius 2 is 2.20 bits per heavy atom. The van der Waals surface area contributed by atoms with Crippen LogP contribution in [-0.2, 0) is 11.3 Å². The van der Waals surface area contributed by atoms with Crippen LogP contribution in [0.5, 0.6) is 0 Å². The van der Waals surface area contributed by atoms with E-state index in [9.17, 15) is 4.79 Å². The smallest absolute Gasteiger partial charge is 0.224 e. The van der Waals surface area contributed by atoms with Gasteiger partial charge in [-0.15, -0.1) is 0 Å². The minimum absolute atomic E-state index is 0.0179. The number of benzene rings is 1. The van der Waals surface area contributed by atoms with Gasteiger partial charge in [-0.25, -0.2) is 9.97 Å². The highest BCUT2D eigenvalue weighted by atomic mass is 16.2. The first-order valence-electron chi connectivity index (χ1n) is 8.80. The van der Waals surface area contributed by atoms with Gasteiger partial charge < -0.3 is 9.47 Å². The SMILES string of the molecule is Cc1nc2ccccc2n1CCC(=O)N1CCCCC1c1ncn[nH]1. The van der Waals surface area contributed by atoms with Crippen LogP contribution in [0.1, 0.15) is 43.4 Å². The third-order valence-electron chi connectivity index (χ3n) is 4.97. The van der Waals surface area contributed by atoms with Gasteiger partial charge in [0.15, 0.2) is 0 Å². The summed E-state index contributed by atoms with van der Waals surface area (Å²) in [7, 11) is 0. The van der Waals surface area contributed by atoms with E-state index in [0.29, 0.717) is 13.0 Å². The largest absolute Gasteiger partial charge is 0.332 e. The number of nitrogens with zero attached hydrogens (tertiary/aromatic N) is 5. The van der Waals surface area contributed by atoms with Gasteiger partial charge in [-0.1, -0.05) is 12.1 Å². The molecule has 1 fully saturated rings. The number of piperidine rings is 1. The molecule has 1 N–H and O–H groups in total. The summed E-state index contributed by atoms with van der Waals surface area (Å²) >= 11 is 0. The molecule has 3 heterocycles. The molecule has 1 aliphatic rings. The number of nitrogens with one attached hydrogen (secondary N) is 1. The van der Waals surface area contributed by atoms with Crippen molar-refractivity contribution in [2.45, 2.75) is 45.2 Å². The first-order chi connectivity index (χ1) is 12.2.